The lowest BCUT2D eigenvalue weighted by atomic mass is 10.0. The van der Waals surface area contributed by atoms with Crippen LogP contribution in [0.1, 0.15) is 22.9 Å². The zero-order valence-electron chi connectivity index (χ0n) is 12.8. The van der Waals surface area contributed by atoms with Crippen molar-refractivity contribution < 1.29 is 17.9 Å². The molecule has 1 aromatic heterocycles. The monoisotopic (exact) mass is 325 g/mol. The fourth-order valence-electron chi connectivity index (χ4n) is 2.84. The van der Waals surface area contributed by atoms with E-state index in [9.17, 15) is 13.2 Å². The quantitative estimate of drug-likeness (QED) is 0.869. The van der Waals surface area contributed by atoms with E-state index in [0.717, 1.165) is 11.8 Å². The maximum absolute atomic E-state index is 13.2. The average molecular weight is 325 g/mol. The number of halogens is 3. The Balaban J connectivity index is 1.78. The molecule has 0 unspecified atom stereocenters. The molecule has 1 aliphatic heterocycles. The Hall–Kier alpha value is -1.86. The molecule has 1 aromatic carbocycles. The number of hydrogen-bond acceptors (Lipinski definition) is 3. The van der Waals surface area contributed by atoms with E-state index < -0.39 is 17.8 Å². The van der Waals surface area contributed by atoms with Gasteiger partial charge in [-0.25, -0.2) is 4.98 Å². The lowest BCUT2D eigenvalue weighted by Crippen LogP contribution is -2.38. The van der Waals surface area contributed by atoms with Crippen molar-refractivity contribution in [2.45, 2.75) is 18.8 Å². The van der Waals surface area contributed by atoms with Gasteiger partial charge in [0, 0.05) is 32.9 Å². The molecule has 124 valence electrons. The zero-order valence-corrected chi connectivity index (χ0v) is 12.8. The van der Waals surface area contributed by atoms with E-state index in [1.165, 1.54) is 12.1 Å². The lowest BCUT2D eigenvalue weighted by Gasteiger charge is -2.34. The predicted octanol–water partition coefficient (Wildman–Crippen LogP) is 3.01. The maximum Gasteiger partial charge on any atom is 0.416 e. The molecule has 0 N–H and O–H groups in total. The summed E-state index contributed by atoms with van der Waals surface area (Å²) >= 11 is 0. The van der Waals surface area contributed by atoms with Crippen LogP contribution in [0, 0.1) is 0 Å². The fourth-order valence-corrected chi connectivity index (χ4v) is 2.84. The number of nitrogens with zero attached hydrogens (tertiary/aromatic N) is 3. The van der Waals surface area contributed by atoms with Crippen molar-refractivity contribution in [1.29, 1.82) is 0 Å². The third-order valence-corrected chi connectivity index (χ3v) is 4.07. The highest BCUT2D eigenvalue weighted by Crippen LogP contribution is 2.36. The minimum Gasteiger partial charge on any atom is -0.371 e. The number of benzene rings is 1. The Kier molecular flexibility index (Phi) is 4.41. The molecule has 7 heteroatoms. The van der Waals surface area contributed by atoms with Crippen molar-refractivity contribution in [2.75, 3.05) is 19.7 Å². The topological polar surface area (TPSA) is 30.3 Å². The Labute approximate surface area is 132 Å². The summed E-state index contributed by atoms with van der Waals surface area (Å²) in [6.45, 7) is 2.17. The summed E-state index contributed by atoms with van der Waals surface area (Å²) in [5.74, 6) is 0. The molecule has 0 radical (unpaired) electrons. The van der Waals surface area contributed by atoms with Gasteiger partial charge in [0.2, 0.25) is 0 Å². The highest BCUT2D eigenvalue weighted by atomic mass is 19.4. The third kappa shape index (κ3) is 3.56. The number of aromatic nitrogens is 2. The van der Waals surface area contributed by atoms with Crippen molar-refractivity contribution in [1.82, 2.24) is 14.5 Å². The molecule has 0 spiro atoms. The van der Waals surface area contributed by atoms with Crippen LogP contribution in [-0.2, 0) is 24.5 Å². The van der Waals surface area contributed by atoms with E-state index >= 15 is 0 Å². The Morgan fingerprint density at radius 2 is 2.09 bits per heavy atom. The van der Waals surface area contributed by atoms with Crippen LogP contribution in [-0.4, -0.2) is 34.1 Å². The van der Waals surface area contributed by atoms with Gasteiger partial charge in [0.25, 0.3) is 0 Å². The number of ether oxygens (including phenoxy) is 1. The van der Waals surface area contributed by atoms with Gasteiger partial charge < -0.3 is 9.30 Å². The maximum atomic E-state index is 13.2. The van der Waals surface area contributed by atoms with E-state index in [2.05, 4.69) is 9.88 Å². The van der Waals surface area contributed by atoms with Gasteiger partial charge in [-0.1, -0.05) is 18.2 Å². The second-order valence-electron chi connectivity index (χ2n) is 5.68. The first-order valence-corrected chi connectivity index (χ1v) is 7.40. The summed E-state index contributed by atoms with van der Waals surface area (Å²) in [6, 6.07) is 5.64. The van der Waals surface area contributed by atoms with Crippen molar-refractivity contribution in [3.05, 3.63) is 53.6 Å². The van der Waals surface area contributed by atoms with Crippen molar-refractivity contribution >= 4 is 0 Å². The average Bonchev–Trinajstić information content (AvgIpc) is 2.92. The Morgan fingerprint density at radius 3 is 2.78 bits per heavy atom. The first kappa shape index (κ1) is 16.0. The number of alkyl halides is 3. The van der Waals surface area contributed by atoms with E-state index in [0.29, 0.717) is 26.2 Å². The normalized spacial score (nSPS) is 19.9. The molecule has 1 fully saturated rings. The van der Waals surface area contributed by atoms with Crippen LogP contribution in [0.4, 0.5) is 13.2 Å². The zero-order chi connectivity index (χ0) is 16.4. The second kappa shape index (κ2) is 6.33. The summed E-state index contributed by atoms with van der Waals surface area (Å²) in [5.41, 5.74) is 0.608. The largest absolute Gasteiger partial charge is 0.416 e. The molecule has 1 saturated heterocycles. The van der Waals surface area contributed by atoms with Gasteiger partial charge in [0.05, 0.1) is 30.3 Å². The molecule has 23 heavy (non-hydrogen) atoms. The third-order valence-electron chi connectivity index (χ3n) is 4.07. The minimum absolute atomic E-state index is 0.203. The number of rotatable bonds is 3. The van der Waals surface area contributed by atoms with Gasteiger partial charge in [0.15, 0.2) is 0 Å². The molecule has 4 nitrogen and oxygen atoms in total. The summed E-state index contributed by atoms with van der Waals surface area (Å²) in [4.78, 5) is 6.16. The highest BCUT2D eigenvalue weighted by Gasteiger charge is 2.36. The van der Waals surface area contributed by atoms with Gasteiger partial charge in [-0.15, -0.1) is 0 Å². The lowest BCUT2D eigenvalue weighted by molar-refractivity contribution is -0.140. The number of hydrogen-bond donors (Lipinski definition) is 0. The second-order valence-corrected chi connectivity index (χ2v) is 5.68. The van der Waals surface area contributed by atoms with Crippen LogP contribution in [0.15, 0.2) is 36.8 Å². The van der Waals surface area contributed by atoms with E-state index in [1.807, 2.05) is 11.6 Å². The summed E-state index contributed by atoms with van der Waals surface area (Å²) in [6.07, 6.45) is -1.46. The van der Waals surface area contributed by atoms with Crippen LogP contribution in [0.2, 0.25) is 0 Å². The number of aryl methyl sites for hydroxylation is 1. The van der Waals surface area contributed by atoms with Crippen LogP contribution in [0.5, 0.6) is 0 Å². The van der Waals surface area contributed by atoms with Gasteiger partial charge in [-0.3, -0.25) is 4.90 Å². The molecule has 2 aromatic rings. The highest BCUT2D eigenvalue weighted by molar-refractivity contribution is 5.32. The van der Waals surface area contributed by atoms with Crippen molar-refractivity contribution in [3.8, 4) is 0 Å². The van der Waals surface area contributed by atoms with E-state index in [-0.39, 0.29) is 5.56 Å². The fraction of sp³-hybridized carbons (Fsp3) is 0.438. The van der Waals surface area contributed by atoms with Gasteiger partial charge in [0.1, 0.15) is 0 Å². The smallest absolute Gasteiger partial charge is 0.371 e. The predicted molar refractivity (Wildman–Crippen MR) is 78.6 cm³/mol. The summed E-state index contributed by atoms with van der Waals surface area (Å²) in [7, 11) is 1.90. The summed E-state index contributed by atoms with van der Waals surface area (Å²) < 4.78 is 47.1. The van der Waals surface area contributed by atoms with Crippen LogP contribution < -0.4 is 0 Å². The molecule has 0 saturated carbocycles. The molecule has 3 rings (SSSR count). The van der Waals surface area contributed by atoms with E-state index in [4.69, 9.17) is 4.74 Å². The van der Waals surface area contributed by atoms with Crippen LogP contribution in [0.3, 0.4) is 0 Å². The van der Waals surface area contributed by atoms with E-state index in [1.54, 1.807) is 18.6 Å². The molecule has 0 aliphatic carbocycles. The molecule has 0 amide bonds. The molecule has 1 aliphatic rings. The standard InChI is InChI=1S/C16H18F3N3O/c1-21-11-20-8-12(21)9-22-6-7-23-15(10-22)13-4-2-3-5-14(13)16(17,18)19/h2-5,8,11,15H,6-7,9-10H2,1H3/t15-/m1/s1. The molecule has 2 heterocycles. The van der Waals surface area contributed by atoms with Crippen LogP contribution >= 0.6 is 0 Å². The van der Waals surface area contributed by atoms with Gasteiger partial charge in [-0.05, 0) is 11.6 Å². The summed E-state index contributed by atoms with van der Waals surface area (Å²) in [5, 5.41) is 0. The van der Waals surface area contributed by atoms with Crippen molar-refractivity contribution in [3.63, 3.8) is 0 Å². The Bertz CT molecular complexity index is 669. The van der Waals surface area contributed by atoms with Gasteiger partial charge >= 0.3 is 6.18 Å². The molecule has 0 bridgehead atoms. The first-order valence-electron chi connectivity index (χ1n) is 7.40. The SMILES string of the molecule is Cn1cncc1CN1CCO[C@@H](c2ccccc2C(F)(F)F)C1. The number of morpholine rings is 1. The van der Waals surface area contributed by atoms with Crippen LogP contribution in [0.25, 0.3) is 0 Å². The molecular weight excluding hydrogens is 307 g/mol. The number of imidazole rings is 1. The Morgan fingerprint density at radius 1 is 1.30 bits per heavy atom. The molecule has 1 atom stereocenters. The van der Waals surface area contributed by atoms with Gasteiger partial charge in [-0.2, -0.15) is 13.2 Å². The minimum atomic E-state index is -4.37. The molecular formula is C16H18F3N3O. The first-order chi connectivity index (χ1) is 10.9. The van der Waals surface area contributed by atoms with Crippen molar-refractivity contribution in [2.24, 2.45) is 7.05 Å².